The van der Waals surface area contributed by atoms with Crippen molar-refractivity contribution >= 4 is 23.4 Å². The van der Waals surface area contributed by atoms with E-state index in [4.69, 9.17) is 9.47 Å². The number of carbonyl (C=O) groups is 2. The number of carbonyl (C=O) groups excluding carboxylic acids is 2. The maximum atomic E-state index is 14.9. The van der Waals surface area contributed by atoms with Crippen molar-refractivity contribution in [1.82, 2.24) is 15.0 Å². The van der Waals surface area contributed by atoms with E-state index >= 15 is 0 Å². The lowest BCUT2D eigenvalue weighted by Crippen LogP contribution is -2.32. The average molecular weight is 429 g/mol. The average Bonchev–Trinajstić information content (AvgIpc) is 3.38. The second-order valence-electron chi connectivity index (χ2n) is 7.42. The summed E-state index contributed by atoms with van der Waals surface area (Å²) in [5.41, 5.74) is 1.93. The fraction of sp³-hybridized carbons (Fsp3) is 0.429. The molecule has 2 aromatic rings. The summed E-state index contributed by atoms with van der Waals surface area (Å²) in [6, 6.07) is 4.77. The third-order valence-corrected chi connectivity index (χ3v) is 5.33. The van der Waals surface area contributed by atoms with Crippen molar-refractivity contribution in [1.29, 1.82) is 0 Å². The number of amides is 1. The first-order valence-corrected chi connectivity index (χ1v) is 10.3. The number of ether oxygens (including phenoxy) is 2. The van der Waals surface area contributed by atoms with E-state index < -0.39 is 11.9 Å². The van der Waals surface area contributed by atoms with Crippen molar-refractivity contribution in [2.24, 2.45) is 0 Å². The van der Waals surface area contributed by atoms with Crippen LogP contribution in [0.2, 0.25) is 0 Å². The maximum Gasteiger partial charge on any atom is 0.414 e. The fourth-order valence-electron chi connectivity index (χ4n) is 3.82. The van der Waals surface area contributed by atoms with Crippen molar-refractivity contribution in [2.75, 3.05) is 36.0 Å². The molecule has 1 atom stereocenters. The number of hydrogen-bond acceptors (Lipinski definition) is 7. The highest BCUT2D eigenvalue weighted by Gasteiger charge is 2.33. The molecule has 0 spiro atoms. The van der Waals surface area contributed by atoms with Gasteiger partial charge in [-0.25, -0.2) is 18.7 Å². The zero-order valence-corrected chi connectivity index (χ0v) is 17.2. The molecule has 0 bridgehead atoms. The summed E-state index contributed by atoms with van der Waals surface area (Å²) in [5, 5.41) is 7.60. The van der Waals surface area contributed by atoms with Crippen LogP contribution >= 0.6 is 0 Å². The predicted octanol–water partition coefficient (Wildman–Crippen LogP) is 2.53. The van der Waals surface area contributed by atoms with Gasteiger partial charge in [0.05, 0.1) is 37.3 Å². The maximum absolute atomic E-state index is 14.9. The quantitative estimate of drug-likeness (QED) is 0.515. The van der Waals surface area contributed by atoms with Gasteiger partial charge in [0, 0.05) is 25.4 Å². The zero-order valence-electron chi connectivity index (χ0n) is 17.2. The minimum Gasteiger partial charge on any atom is -0.463 e. The van der Waals surface area contributed by atoms with E-state index in [1.807, 2.05) is 4.90 Å². The van der Waals surface area contributed by atoms with Gasteiger partial charge in [0.15, 0.2) is 0 Å². The molecule has 2 fully saturated rings. The molecule has 1 aromatic heterocycles. The van der Waals surface area contributed by atoms with Crippen molar-refractivity contribution in [2.45, 2.75) is 32.4 Å². The van der Waals surface area contributed by atoms with Crippen molar-refractivity contribution in [3.63, 3.8) is 0 Å². The highest BCUT2D eigenvalue weighted by atomic mass is 19.1. The normalized spacial score (nSPS) is 18.8. The largest absolute Gasteiger partial charge is 0.463 e. The zero-order chi connectivity index (χ0) is 21.8. The fourth-order valence-corrected chi connectivity index (χ4v) is 3.82. The van der Waals surface area contributed by atoms with Crippen molar-refractivity contribution in [3.8, 4) is 0 Å². The number of halogens is 1. The van der Waals surface area contributed by atoms with Crippen LogP contribution in [0.5, 0.6) is 0 Å². The summed E-state index contributed by atoms with van der Waals surface area (Å²) in [7, 11) is 0. The van der Waals surface area contributed by atoms with Gasteiger partial charge in [0.25, 0.3) is 0 Å². The predicted molar refractivity (Wildman–Crippen MR) is 110 cm³/mol. The Morgan fingerprint density at radius 1 is 1.35 bits per heavy atom. The van der Waals surface area contributed by atoms with Gasteiger partial charge < -0.3 is 14.4 Å². The first-order valence-electron chi connectivity index (χ1n) is 10.3. The molecule has 0 N–H and O–H groups in total. The lowest BCUT2D eigenvalue weighted by molar-refractivity contribution is -0.137. The number of benzene rings is 1. The summed E-state index contributed by atoms with van der Waals surface area (Å²) in [5.74, 6) is -0.732. The molecule has 10 heteroatoms. The number of anilines is 2. The Balaban J connectivity index is 1.38. The molecule has 0 radical (unpaired) electrons. The topological polar surface area (TPSA) is 89.8 Å². The standard InChI is InChI=1S/C21H24FN5O4/c1-2-30-20(28)11-15-5-8-25(9-6-15)19-4-3-16(12-18(19)22)27-14-17(31-21(27)29)13-26-10-7-23-24-26/h3-4,7,10-12,17H,2,5-6,8-9,13-14H2,1H3/t17-/m0/s1. The second kappa shape index (κ2) is 9.15. The van der Waals surface area contributed by atoms with Gasteiger partial charge in [-0.2, -0.15) is 0 Å². The van der Waals surface area contributed by atoms with Gasteiger partial charge in [0.2, 0.25) is 0 Å². The monoisotopic (exact) mass is 429 g/mol. The van der Waals surface area contributed by atoms with Crippen LogP contribution in [0, 0.1) is 5.82 Å². The molecule has 0 saturated carbocycles. The van der Waals surface area contributed by atoms with Gasteiger partial charge in [-0.1, -0.05) is 10.8 Å². The first-order chi connectivity index (χ1) is 15.0. The van der Waals surface area contributed by atoms with Crippen LogP contribution in [0.3, 0.4) is 0 Å². The lowest BCUT2D eigenvalue weighted by atomic mass is 10.0. The van der Waals surface area contributed by atoms with Crippen LogP contribution in [0.1, 0.15) is 19.8 Å². The van der Waals surface area contributed by atoms with E-state index in [0.717, 1.165) is 5.57 Å². The molecule has 9 nitrogen and oxygen atoms in total. The number of esters is 1. The van der Waals surface area contributed by atoms with E-state index in [1.54, 1.807) is 36.1 Å². The molecule has 1 amide bonds. The van der Waals surface area contributed by atoms with Gasteiger partial charge in [0.1, 0.15) is 11.9 Å². The molecule has 164 valence electrons. The van der Waals surface area contributed by atoms with Crippen LogP contribution < -0.4 is 9.80 Å². The molecule has 1 aromatic carbocycles. The van der Waals surface area contributed by atoms with Crippen LogP contribution in [0.15, 0.2) is 42.2 Å². The van der Waals surface area contributed by atoms with Gasteiger partial charge >= 0.3 is 12.1 Å². The van der Waals surface area contributed by atoms with Crippen molar-refractivity contribution in [3.05, 3.63) is 48.1 Å². The minimum atomic E-state index is -0.510. The number of nitrogens with zero attached hydrogens (tertiary/aromatic N) is 5. The molecule has 3 heterocycles. The molecular formula is C21H24FN5O4. The van der Waals surface area contributed by atoms with Gasteiger partial charge in [-0.3, -0.25) is 4.90 Å². The first kappa shape index (κ1) is 20.8. The summed E-state index contributed by atoms with van der Waals surface area (Å²) in [6.07, 6.45) is 5.22. The highest BCUT2D eigenvalue weighted by molar-refractivity contribution is 5.90. The van der Waals surface area contributed by atoms with Gasteiger partial charge in [-0.15, -0.1) is 5.10 Å². The number of piperidine rings is 1. The molecule has 4 rings (SSSR count). The van der Waals surface area contributed by atoms with Gasteiger partial charge in [-0.05, 0) is 38.0 Å². The SMILES string of the molecule is CCOC(=O)C=C1CCN(c2ccc(N3C[C@H](Cn4ccnn4)OC3=O)cc2F)CC1. The van der Waals surface area contributed by atoms with E-state index in [0.29, 0.717) is 57.0 Å². The Morgan fingerprint density at radius 3 is 2.84 bits per heavy atom. The molecular weight excluding hydrogens is 405 g/mol. The summed E-state index contributed by atoms with van der Waals surface area (Å²) < 4.78 is 26.8. The Bertz CT molecular complexity index is 968. The van der Waals surface area contributed by atoms with E-state index in [1.165, 1.54) is 17.0 Å². The van der Waals surface area contributed by atoms with E-state index in [2.05, 4.69) is 10.3 Å². The van der Waals surface area contributed by atoms with Crippen LogP contribution in [-0.4, -0.2) is 59.4 Å². The Kier molecular flexibility index (Phi) is 6.15. The smallest absolute Gasteiger partial charge is 0.414 e. The third-order valence-electron chi connectivity index (χ3n) is 5.33. The number of aromatic nitrogens is 3. The second-order valence-corrected chi connectivity index (χ2v) is 7.42. The van der Waals surface area contributed by atoms with Crippen LogP contribution in [-0.2, 0) is 20.8 Å². The Labute approximate surface area is 179 Å². The molecule has 2 aliphatic rings. The van der Waals surface area contributed by atoms with E-state index in [9.17, 15) is 14.0 Å². The number of hydrogen-bond donors (Lipinski definition) is 0. The van der Waals surface area contributed by atoms with Crippen LogP contribution in [0.4, 0.5) is 20.6 Å². The number of cyclic esters (lactones) is 1. The summed E-state index contributed by atoms with van der Waals surface area (Å²) in [6.45, 7) is 4.02. The molecule has 2 aliphatic heterocycles. The lowest BCUT2D eigenvalue weighted by Gasteiger charge is -2.31. The molecule has 0 unspecified atom stereocenters. The Hall–Kier alpha value is -3.43. The minimum absolute atomic E-state index is 0.309. The third kappa shape index (κ3) is 4.84. The molecule has 31 heavy (non-hydrogen) atoms. The Morgan fingerprint density at radius 2 is 2.16 bits per heavy atom. The summed E-state index contributed by atoms with van der Waals surface area (Å²) in [4.78, 5) is 27.2. The van der Waals surface area contributed by atoms with E-state index in [-0.39, 0.29) is 12.1 Å². The molecule has 2 saturated heterocycles. The molecule has 0 aliphatic carbocycles. The number of rotatable bonds is 6. The van der Waals surface area contributed by atoms with Crippen molar-refractivity contribution < 1.29 is 23.5 Å². The highest BCUT2D eigenvalue weighted by Crippen LogP contribution is 2.30. The summed E-state index contributed by atoms with van der Waals surface area (Å²) >= 11 is 0. The van der Waals surface area contributed by atoms with Crippen LogP contribution in [0.25, 0.3) is 0 Å².